The van der Waals surface area contributed by atoms with Crippen molar-refractivity contribution in [3.05, 3.63) is 222 Å². The summed E-state index contributed by atoms with van der Waals surface area (Å²) >= 11 is 0. The number of para-hydroxylation sites is 3. The van der Waals surface area contributed by atoms with Crippen LogP contribution in [0, 0.1) is 29.6 Å². The molecule has 7 nitrogen and oxygen atoms in total. The van der Waals surface area contributed by atoms with E-state index in [1.165, 1.54) is 37.1 Å². The van der Waals surface area contributed by atoms with Crippen LogP contribution in [0.15, 0.2) is 199 Å². The molecule has 0 saturated heterocycles. The lowest BCUT2D eigenvalue weighted by Crippen LogP contribution is -2.12. The Morgan fingerprint density at radius 3 is 1.50 bits per heavy atom. The van der Waals surface area contributed by atoms with E-state index in [4.69, 9.17) is 0 Å². The van der Waals surface area contributed by atoms with Gasteiger partial charge in [0.15, 0.2) is 0 Å². The second-order valence-corrected chi connectivity index (χ2v) is 18.7. The minimum absolute atomic E-state index is 0.255. The van der Waals surface area contributed by atoms with Crippen LogP contribution in [0.25, 0.3) is 87.9 Å². The van der Waals surface area contributed by atoms with Gasteiger partial charge in [0.25, 0.3) is 10.0 Å². The number of fused-ring (bicyclic) bond motifs is 12. The number of nitriles is 2. The molecule has 3 aromatic heterocycles. The maximum atomic E-state index is 13.9. The molecule has 312 valence electrons. The molecule has 9 aromatic carbocycles. The first kappa shape index (κ1) is 38.9. The Kier molecular flexibility index (Phi) is 8.83. The summed E-state index contributed by atoms with van der Waals surface area (Å²) in [6, 6.07) is 68.7. The van der Waals surface area contributed by atoms with Crippen LogP contribution >= 0.6 is 0 Å². The molecule has 0 N–H and O–H groups in total. The highest BCUT2D eigenvalue weighted by Gasteiger charge is 2.25. The summed E-state index contributed by atoms with van der Waals surface area (Å²) in [6.07, 6.45) is 1.00. The molecular weight excluding hydrogens is 831 g/mol. The summed E-state index contributed by atoms with van der Waals surface area (Å²) in [5, 5.41) is 24.9. The summed E-state index contributed by atoms with van der Waals surface area (Å²) in [7, 11) is -3.83. The van der Waals surface area contributed by atoms with Crippen LogP contribution in [0.4, 0.5) is 0 Å². The summed E-state index contributed by atoms with van der Waals surface area (Å²) in [4.78, 5) is 0.255. The minimum Gasteiger partial charge on any atom is -0.309 e. The predicted octanol–water partition coefficient (Wildman–Crippen LogP) is 13.5. The van der Waals surface area contributed by atoms with Crippen molar-refractivity contribution >= 4 is 75.4 Å². The molecule has 0 aliphatic heterocycles. The Labute approximate surface area is 380 Å². The fourth-order valence-corrected chi connectivity index (χ4v) is 11.6. The van der Waals surface area contributed by atoms with Gasteiger partial charge in [0.05, 0.1) is 61.3 Å². The highest BCUT2D eigenvalue weighted by molar-refractivity contribution is 7.90. The van der Waals surface area contributed by atoms with E-state index in [2.05, 4.69) is 112 Å². The first-order chi connectivity index (χ1) is 32.3. The van der Waals surface area contributed by atoms with Gasteiger partial charge in [-0.1, -0.05) is 103 Å². The zero-order chi connectivity index (χ0) is 44.7. The quantitative estimate of drug-likeness (QED) is 0.176. The molecule has 3 heterocycles. The molecule has 66 heavy (non-hydrogen) atoms. The monoisotopic (exact) mass is 867 g/mol. The molecule has 12 aromatic rings. The van der Waals surface area contributed by atoms with E-state index in [-0.39, 0.29) is 4.90 Å². The van der Waals surface area contributed by atoms with Crippen molar-refractivity contribution in [3.8, 4) is 34.6 Å². The number of aryl methyl sites for hydroxylation is 1. The maximum Gasteiger partial charge on any atom is 0.268 e. The number of hydrogen-bond acceptors (Lipinski definition) is 4. The highest BCUT2D eigenvalue weighted by atomic mass is 32.2. The fourth-order valence-electron chi connectivity index (χ4n) is 10.0. The lowest BCUT2D eigenvalue weighted by Gasteiger charge is -2.11. The Balaban J connectivity index is 0.000000145. The van der Waals surface area contributed by atoms with Crippen molar-refractivity contribution in [2.24, 2.45) is 0 Å². The van der Waals surface area contributed by atoms with Crippen LogP contribution in [-0.4, -0.2) is 21.5 Å². The zero-order valence-electron chi connectivity index (χ0n) is 35.6. The first-order valence-electron chi connectivity index (χ1n) is 21.7. The number of hydrogen-bond donors (Lipinski definition) is 0. The maximum absolute atomic E-state index is 13.9. The van der Waals surface area contributed by atoms with Gasteiger partial charge < -0.3 is 9.13 Å². The lowest BCUT2D eigenvalue weighted by atomic mass is 10.1. The van der Waals surface area contributed by atoms with E-state index >= 15 is 0 Å². The van der Waals surface area contributed by atoms with Crippen LogP contribution in [0.2, 0.25) is 0 Å². The van der Waals surface area contributed by atoms with Crippen LogP contribution in [0.5, 0.6) is 0 Å². The van der Waals surface area contributed by atoms with Crippen LogP contribution in [0.1, 0.15) is 27.8 Å². The Bertz CT molecular complexity index is 4200. The standard InChI is InChI=1S/C32H21N3O2S.C26H16N2/c1-21-10-14-24(15-11-21)38(36,37)35-31-9-5-3-7-26(31)28-19-23(13-17-32(28)35)34-29-8-4-2-6-25(29)27-18-22(20-33)12-16-30(27)34;27-16-17-9-12-26-24(13-17)22-7-3-4-8-25(22)28(26)20-11-10-19-14-18-5-1-2-6-21(18)23(19)15-20/h2-19H,1H3;1-13,15H,14H2. The van der Waals surface area contributed by atoms with Crippen molar-refractivity contribution < 1.29 is 8.42 Å². The summed E-state index contributed by atoms with van der Waals surface area (Å²) < 4.78 is 33.7. The summed E-state index contributed by atoms with van der Waals surface area (Å²) in [6.45, 7) is 1.94. The van der Waals surface area contributed by atoms with Gasteiger partial charge in [-0.3, -0.25) is 0 Å². The van der Waals surface area contributed by atoms with E-state index in [1.807, 2.05) is 97.9 Å². The molecular formula is C58H37N5O2S. The van der Waals surface area contributed by atoms with Crippen LogP contribution in [-0.2, 0) is 16.4 Å². The van der Waals surface area contributed by atoms with Gasteiger partial charge in [-0.2, -0.15) is 10.5 Å². The minimum atomic E-state index is -3.83. The van der Waals surface area contributed by atoms with Gasteiger partial charge in [0.2, 0.25) is 0 Å². The topological polar surface area (TPSA) is 96.5 Å². The Morgan fingerprint density at radius 1 is 0.424 bits per heavy atom. The smallest absolute Gasteiger partial charge is 0.268 e. The number of rotatable bonds is 4. The second kappa shape index (κ2) is 15.0. The van der Waals surface area contributed by atoms with E-state index in [1.54, 1.807) is 12.1 Å². The predicted molar refractivity (Wildman–Crippen MR) is 266 cm³/mol. The fraction of sp³-hybridized carbons (Fsp3) is 0.0345. The molecule has 1 aliphatic carbocycles. The summed E-state index contributed by atoms with van der Waals surface area (Å²) in [5.41, 5.74) is 15.4. The van der Waals surface area contributed by atoms with Gasteiger partial charge in [-0.05, 0) is 133 Å². The highest BCUT2D eigenvalue weighted by Crippen LogP contribution is 2.41. The Morgan fingerprint density at radius 2 is 0.879 bits per heavy atom. The molecule has 0 bridgehead atoms. The molecule has 0 spiro atoms. The molecule has 0 atom stereocenters. The summed E-state index contributed by atoms with van der Waals surface area (Å²) in [5.74, 6) is 0. The average molecular weight is 868 g/mol. The van der Waals surface area contributed by atoms with E-state index in [0.29, 0.717) is 22.2 Å². The third-order valence-electron chi connectivity index (χ3n) is 13.1. The van der Waals surface area contributed by atoms with Crippen molar-refractivity contribution in [3.63, 3.8) is 0 Å². The largest absolute Gasteiger partial charge is 0.309 e. The molecule has 1 aliphatic rings. The van der Waals surface area contributed by atoms with Gasteiger partial charge in [0, 0.05) is 43.7 Å². The van der Waals surface area contributed by atoms with E-state index in [9.17, 15) is 18.9 Å². The SMILES string of the molecule is Cc1ccc(S(=O)(=O)n2c3ccccc3c3cc(-n4c5ccccc5c5cc(C#N)ccc54)ccc32)cc1.N#Cc1ccc2c(c1)c1ccccc1n2-c1ccc2c(c1)-c1ccccc1C2. The Hall–Kier alpha value is -8.69. The van der Waals surface area contributed by atoms with Crippen LogP contribution < -0.4 is 0 Å². The molecule has 0 amide bonds. The van der Waals surface area contributed by atoms with Crippen LogP contribution in [0.3, 0.4) is 0 Å². The van der Waals surface area contributed by atoms with Crippen molar-refractivity contribution in [2.75, 3.05) is 0 Å². The molecule has 13 rings (SSSR count). The average Bonchev–Trinajstić information content (AvgIpc) is 4.10. The van der Waals surface area contributed by atoms with Crippen molar-refractivity contribution in [1.29, 1.82) is 10.5 Å². The molecule has 0 fully saturated rings. The molecule has 0 unspecified atom stereocenters. The number of nitrogens with zero attached hydrogens (tertiary/aromatic N) is 5. The molecule has 0 saturated carbocycles. The van der Waals surface area contributed by atoms with Gasteiger partial charge >= 0.3 is 0 Å². The molecule has 8 heteroatoms. The number of aromatic nitrogens is 3. The second-order valence-electron chi connectivity index (χ2n) is 16.9. The van der Waals surface area contributed by atoms with E-state index in [0.717, 1.165) is 66.8 Å². The number of benzene rings is 9. The lowest BCUT2D eigenvalue weighted by molar-refractivity contribution is 0.590. The third kappa shape index (κ3) is 5.97. The van der Waals surface area contributed by atoms with E-state index < -0.39 is 10.0 Å². The zero-order valence-corrected chi connectivity index (χ0v) is 36.5. The normalized spacial score (nSPS) is 12.0. The molecule has 0 radical (unpaired) electrons. The van der Waals surface area contributed by atoms with Crippen molar-refractivity contribution in [2.45, 2.75) is 18.2 Å². The van der Waals surface area contributed by atoms with Gasteiger partial charge in [-0.25, -0.2) is 12.4 Å². The van der Waals surface area contributed by atoms with Gasteiger partial charge in [-0.15, -0.1) is 0 Å². The third-order valence-corrected chi connectivity index (χ3v) is 14.8. The first-order valence-corrected chi connectivity index (χ1v) is 23.2. The van der Waals surface area contributed by atoms with Gasteiger partial charge in [0.1, 0.15) is 0 Å². The van der Waals surface area contributed by atoms with Crippen molar-refractivity contribution in [1.82, 2.24) is 13.1 Å².